The molecule has 4 aromatic rings. The standard InChI is InChI=1S/C29H34ClN7O3S/c1-17(2)21-5-6-25(36-13-19(18(36)3)16-41(4,38)39)23-12-32-27(11-22(21)23)33-26-7-9-31-29(34-26)24-14-37(35-28(24)30)20-8-10-40-15-20/h5-7,9,11-12,14,17-20H,8,10,13,15-16H2,1-4H3,(H,31,32,33,34)/t18-,19-,20-/m1/s1. The fraction of sp³-hybridized carbons (Fsp3) is 0.448. The molecule has 216 valence electrons. The fourth-order valence-corrected chi connectivity index (χ4v) is 7.16. The van der Waals surface area contributed by atoms with Crippen molar-refractivity contribution in [2.75, 3.05) is 42.0 Å². The van der Waals surface area contributed by atoms with E-state index in [4.69, 9.17) is 26.3 Å². The summed E-state index contributed by atoms with van der Waals surface area (Å²) >= 11 is 6.47. The average molecular weight is 596 g/mol. The first-order valence-corrected chi connectivity index (χ1v) is 16.3. The molecule has 0 amide bonds. The smallest absolute Gasteiger partial charge is 0.166 e. The predicted octanol–water partition coefficient (Wildman–Crippen LogP) is 5.24. The molecule has 2 fully saturated rings. The van der Waals surface area contributed by atoms with Crippen LogP contribution in [0.2, 0.25) is 5.15 Å². The maximum Gasteiger partial charge on any atom is 0.166 e. The van der Waals surface area contributed by atoms with Gasteiger partial charge < -0.3 is 15.0 Å². The molecule has 0 unspecified atom stereocenters. The van der Waals surface area contributed by atoms with E-state index in [0.717, 1.165) is 22.9 Å². The summed E-state index contributed by atoms with van der Waals surface area (Å²) in [6, 6.07) is 8.45. The number of hydrogen-bond donors (Lipinski definition) is 1. The molecule has 0 spiro atoms. The molecule has 3 atom stereocenters. The zero-order chi connectivity index (χ0) is 28.9. The third-order valence-corrected chi connectivity index (χ3v) is 9.40. The number of pyridine rings is 1. The minimum atomic E-state index is -3.02. The van der Waals surface area contributed by atoms with Gasteiger partial charge in [0, 0.05) is 61.0 Å². The zero-order valence-corrected chi connectivity index (χ0v) is 25.2. The van der Waals surface area contributed by atoms with E-state index in [9.17, 15) is 8.42 Å². The van der Waals surface area contributed by atoms with Crippen molar-refractivity contribution < 1.29 is 13.2 Å². The summed E-state index contributed by atoms with van der Waals surface area (Å²) in [6.45, 7) is 8.48. The molecule has 2 aliphatic heterocycles. The summed E-state index contributed by atoms with van der Waals surface area (Å²) in [4.78, 5) is 16.1. The molecule has 41 heavy (non-hydrogen) atoms. The molecule has 2 saturated heterocycles. The van der Waals surface area contributed by atoms with Crippen LogP contribution in [-0.4, -0.2) is 71.0 Å². The highest BCUT2D eigenvalue weighted by Crippen LogP contribution is 2.39. The van der Waals surface area contributed by atoms with Gasteiger partial charge in [-0.3, -0.25) is 4.68 Å². The van der Waals surface area contributed by atoms with Crippen LogP contribution >= 0.6 is 11.6 Å². The Bertz CT molecular complexity index is 1700. The molecule has 0 radical (unpaired) electrons. The molecule has 1 N–H and O–H groups in total. The van der Waals surface area contributed by atoms with Gasteiger partial charge in [0.05, 0.1) is 24.0 Å². The quantitative estimate of drug-likeness (QED) is 0.292. The van der Waals surface area contributed by atoms with Crippen molar-refractivity contribution in [1.29, 1.82) is 0 Å². The first kappa shape index (κ1) is 27.9. The topological polar surface area (TPSA) is 115 Å². The number of benzene rings is 1. The summed E-state index contributed by atoms with van der Waals surface area (Å²) in [5.41, 5.74) is 2.95. The van der Waals surface area contributed by atoms with Crippen LogP contribution in [0.4, 0.5) is 17.3 Å². The van der Waals surface area contributed by atoms with Crippen LogP contribution in [0, 0.1) is 5.92 Å². The number of fused-ring (bicyclic) bond motifs is 1. The lowest BCUT2D eigenvalue weighted by Crippen LogP contribution is -2.57. The van der Waals surface area contributed by atoms with Crippen molar-refractivity contribution in [2.24, 2.45) is 5.92 Å². The highest BCUT2D eigenvalue weighted by Gasteiger charge is 2.38. The van der Waals surface area contributed by atoms with E-state index in [2.05, 4.69) is 59.3 Å². The van der Waals surface area contributed by atoms with E-state index in [-0.39, 0.29) is 23.8 Å². The lowest BCUT2D eigenvalue weighted by Gasteiger charge is -2.48. The van der Waals surface area contributed by atoms with E-state index in [1.54, 1.807) is 12.3 Å². The fourth-order valence-electron chi connectivity index (χ4n) is 5.78. The Labute approximate surface area is 245 Å². The first-order valence-electron chi connectivity index (χ1n) is 13.9. The number of anilines is 3. The highest BCUT2D eigenvalue weighted by molar-refractivity contribution is 7.90. The molecule has 3 aromatic heterocycles. The van der Waals surface area contributed by atoms with E-state index in [1.165, 1.54) is 11.8 Å². The third kappa shape index (κ3) is 5.62. The van der Waals surface area contributed by atoms with Crippen LogP contribution in [0.3, 0.4) is 0 Å². The monoisotopic (exact) mass is 595 g/mol. The molecule has 0 bridgehead atoms. The summed E-state index contributed by atoms with van der Waals surface area (Å²) in [5.74, 6) is 2.38. The molecule has 0 aliphatic carbocycles. The van der Waals surface area contributed by atoms with E-state index in [1.807, 2.05) is 17.1 Å². The van der Waals surface area contributed by atoms with E-state index in [0.29, 0.717) is 53.9 Å². The minimum absolute atomic E-state index is 0.123. The van der Waals surface area contributed by atoms with Gasteiger partial charge >= 0.3 is 0 Å². The molecule has 1 aromatic carbocycles. The highest BCUT2D eigenvalue weighted by atomic mass is 35.5. The minimum Gasteiger partial charge on any atom is -0.379 e. The zero-order valence-electron chi connectivity index (χ0n) is 23.6. The van der Waals surface area contributed by atoms with Crippen molar-refractivity contribution >= 4 is 49.5 Å². The Hall–Kier alpha value is -3.28. The molecular formula is C29H34ClN7O3S. The Balaban J connectivity index is 1.28. The Morgan fingerprint density at radius 3 is 2.71 bits per heavy atom. The number of halogens is 1. The Morgan fingerprint density at radius 2 is 2.00 bits per heavy atom. The SMILES string of the molecule is CC(C)c1ccc(N2C[C@H](CS(C)(=O)=O)[C@H]2C)c2cnc(Nc3ccnc(-c4cn([C@@H]5CCOC5)nc4Cl)n3)cc12. The second-order valence-corrected chi connectivity index (χ2v) is 14.0. The lowest BCUT2D eigenvalue weighted by atomic mass is 9.88. The number of aromatic nitrogens is 5. The number of hydrogen-bond acceptors (Lipinski definition) is 9. The van der Waals surface area contributed by atoms with Gasteiger partial charge in [0.15, 0.2) is 11.0 Å². The second-order valence-electron chi connectivity index (χ2n) is 11.4. The van der Waals surface area contributed by atoms with Crippen molar-refractivity contribution in [3.8, 4) is 11.4 Å². The normalized spacial score (nSPS) is 21.0. The van der Waals surface area contributed by atoms with Crippen LogP contribution in [0.5, 0.6) is 0 Å². The Morgan fingerprint density at radius 1 is 1.17 bits per heavy atom. The van der Waals surface area contributed by atoms with Crippen molar-refractivity contribution in [1.82, 2.24) is 24.7 Å². The van der Waals surface area contributed by atoms with Crippen molar-refractivity contribution in [2.45, 2.75) is 45.2 Å². The third-order valence-electron chi connectivity index (χ3n) is 8.08. The van der Waals surface area contributed by atoms with Gasteiger partial charge in [-0.2, -0.15) is 5.10 Å². The van der Waals surface area contributed by atoms with Gasteiger partial charge in [-0.1, -0.05) is 31.5 Å². The van der Waals surface area contributed by atoms with Crippen molar-refractivity contribution in [3.63, 3.8) is 0 Å². The molecule has 2 aliphatic rings. The molecule has 10 nitrogen and oxygen atoms in total. The number of nitrogens with zero attached hydrogens (tertiary/aromatic N) is 6. The van der Waals surface area contributed by atoms with Crippen LogP contribution in [-0.2, 0) is 14.6 Å². The largest absolute Gasteiger partial charge is 0.379 e. The van der Waals surface area contributed by atoms with Gasteiger partial charge in [-0.25, -0.2) is 23.4 Å². The van der Waals surface area contributed by atoms with E-state index < -0.39 is 9.84 Å². The van der Waals surface area contributed by atoms with Gasteiger partial charge in [-0.05, 0) is 48.4 Å². The number of nitrogens with one attached hydrogen (secondary N) is 1. The van der Waals surface area contributed by atoms with Crippen LogP contribution in [0.25, 0.3) is 22.2 Å². The van der Waals surface area contributed by atoms with Gasteiger partial charge in [0.25, 0.3) is 0 Å². The maximum atomic E-state index is 11.9. The van der Waals surface area contributed by atoms with Crippen LogP contribution < -0.4 is 10.2 Å². The molecular weight excluding hydrogens is 562 g/mol. The van der Waals surface area contributed by atoms with Crippen LogP contribution in [0.15, 0.2) is 42.9 Å². The molecule has 0 saturated carbocycles. The molecule has 5 heterocycles. The van der Waals surface area contributed by atoms with Gasteiger partial charge in [0.2, 0.25) is 0 Å². The number of sulfone groups is 1. The summed E-state index contributed by atoms with van der Waals surface area (Å²) in [5, 5.41) is 10.3. The Kier molecular flexibility index (Phi) is 7.37. The predicted molar refractivity (Wildman–Crippen MR) is 162 cm³/mol. The van der Waals surface area contributed by atoms with E-state index >= 15 is 0 Å². The molecule has 6 rings (SSSR count). The number of ether oxygens (including phenoxy) is 1. The van der Waals surface area contributed by atoms with Crippen molar-refractivity contribution in [3.05, 3.63) is 53.6 Å². The maximum absolute atomic E-state index is 11.9. The second kappa shape index (κ2) is 10.8. The first-order chi connectivity index (χ1) is 19.6. The van der Waals surface area contributed by atoms with Gasteiger partial charge in [-0.15, -0.1) is 0 Å². The summed E-state index contributed by atoms with van der Waals surface area (Å²) in [7, 11) is -3.02. The average Bonchev–Trinajstić information content (AvgIpc) is 3.60. The molecule has 12 heteroatoms. The summed E-state index contributed by atoms with van der Waals surface area (Å²) < 4.78 is 31.0. The van der Waals surface area contributed by atoms with Crippen LogP contribution in [0.1, 0.15) is 44.7 Å². The lowest BCUT2D eigenvalue weighted by molar-refractivity contribution is 0.184. The summed E-state index contributed by atoms with van der Waals surface area (Å²) in [6.07, 6.45) is 7.66. The number of rotatable bonds is 8. The van der Waals surface area contributed by atoms with Gasteiger partial charge in [0.1, 0.15) is 21.5 Å².